The van der Waals surface area contributed by atoms with E-state index in [0.717, 1.165) is 5.69 Å². The normalized spacial score (nSPS) is 13.6. The number of carbonyl (C=O) groups is 1. The van der Waals surface area contributed by atoms with Crippen LogP contribution >= 0.6 is 0 Å². The Morgan fingerprint density at radius 2 is 1.50 bits per heavy atom. The molecule has 0 saturated carbocycles. The van der Waals surface area contributed by atoms with Gasteiger partial charge < -0.3 is 15.7 Å². The highest BCUT2D eigenvalue weighted by Gasteiger charge is 2.37. The number of hydrogen-bond donors (Lipinski definition) is 2. The van der Waals surface area contributed by atoms with Crippen molar-refractivity contribution in [1.29, 1.82) is 0 Å². The summed E-state index contributed by atoms with van der Waals surface area (Å²) in [6.07, 6.45) is 0. The predicted octanol–water partition coefficient (Wildman–Crippen LogP) is 1.47. The van der Waals surface area contributed by atoms with Crippen LogP contribution in [0.2, 0.25) is 0 Å². The average molecular weight is 270 g/mol. The summed E-state index contributed by atoms with van der Waals surface area (Å²) in [6.45, 7) is 0. The van der Waals surface area contributed by atoms with Gasteiger partial charge in [0.2, 0.25) is 0 Å². The number of nitrogens with two attached hydrogens (primary N) is 1. The molecule has 0 heterocycles. The first-order chi connectivity index (χ1) is 9.46. The number of primary amides is 1. The summed E-state index contributed by atoms with van der Waals surface area (Å²) in [7, 11) is 3.85. The molecule has 0 saturated heterocycles. The minimum absolute atomic E-state index is 0.460. The fourth-order valence-electron chi connectivity index (χ4n) is 2.13. The maximum absolute atomic E-state index is 11.8. The van der Waals surface area contributed by atoms with Crippen molar-refractivity contribution >= 4 is 11.6 Å². The molecule has 0 radical (unpaired) electrons. The van der Waals surface area contributed by atoms with E-state index in [4.69, 9.17) is 5.73 Å². The van der Waals surface area contributed by atoms with Crippen molar-refractivity contribution in [3.8, 4) is 0 Å². The monoisotopic (exact) mass is 270 g/mol. The van der Waals surface area contributed by atoms with Gasteiger partial charge in [0.05, 0.1) is 0 Å². The zero-order valence-electron chi connectivity index (χ0n) is 11.6. The minimum Gasteiger partial charge on any atom is -0.378 e. The third-order valence-corrected chi connectivity index (χ3v) is 3.35. The van der Waals surface area contributed by atoms with Crippen LogP contribution in [0.3, 0.4) is 0 Å². The highest BCUT2D eigenvalue weighted by Crippen LogP contribution is 2.30. The van der Waals surface area contributed by atoms with Crippen LogP contribution in [0.25, 0.3) is 0 Å². The quantitative estimate of drug-likeness (QED) is 0.884. The second-order valence-electron chi connectivity index (χ2n) is 4.88. The summed E-state index contributed by atoms with van der Waals surface area (Å²) < 4.78 is 0. The first kappa shape index (κ1) is 14.1. The first-order valence-corrected chi connectivity index (χ1v) is 6.32. The number of rotatable bonds is 4. The molecule has 0 aliphatic carbocycles. The lowest BCUT2D eigenvalue weighted by Crippen LogP contribution is -2.42. The Balaban J connectivity index is 2.51. The smallest absolute Gasteiger partial charge is 0.258 e. The summed E-state index contributed by atoms with van der Waals surface area (Å²) in [5.41, 5.74) is 5.52. The molecule has 1 atom stereocenters. The Kier molecular flexibility index (Phi) is 3.77. The van der Waals surface area contributed by atoms with Crippen LogP contribution in [0, 0.1) is 0 Å². The van der Waals surface area contributed by atoms with E-state index in [-0.39, 0.29) is 0 Å². The molecular weight excluding hydrogens is 252 g/mol. The fraction of sp³-hybridized carbons (Fsp3) is 0.188. The summed E-state index contributed by atoms with van der Waals surface area (Å²) in [5, 5.41) is 10.8. The Morgan fingerprint density at radius 1 is 1.00 bits per heavy atom. The molecule has 0 aliphatic rings. The van der Waals surface area contributed by atoms with Crippen LogP contribution in [0.5, 0.6) is 0 Å². The van der Waals surface area contributed by atoms with Gasteiger partial charge in [0.25, 0.3) is 5.91 Å². The molecule has 0 bridgehead atoms. The second-order valence-corrected chi connectivity index (χ2v) is 4.88. The number of amides is 1. The molecule has 4 nitrogen and oxygen atoms in total. The number of aliphatic hydroxyl groups is 1. The summed E-state index contributed by atoms with van der Waals surface area (Å²) in [6, 6.07) is 15.8. The molecule has 0 aliphatic heterocycles. The van der Waals surface area contributed by atoms with Crippen molar-refractivity contribution in [2.75, 3.05) is 19.0 Å². The standard InChI is InChI=1S/C16H18N2O2/c1-18(2)14-10-8-13(9-11-14)16(20,15(17)19)12-6-4-3-5-7-12/h3-11,20H,1-2H3,(H2,17,19). The number of anilines is 1. The van der Waals surface area contributed by atoms with Gasteiger partial charge in [0.15, 0.2) is 5.60 Å². The van der Waals surface area contributed by atoms with E-state index in [9.17, 15) is 9.90 Å². The average Bonchev–Trinajstić information content (AvgIpc) is 2.47. The number of benzene rings is 2. The van der Waals surface area contributed by atoms with E-state index < -0.39 is 11.5 Å². The fourth-order valence-corrected chi connectivity index (χ4v) is 2.13. The number of carbonyl (C=O) groups excluding carboxylic acids is 1. The van der Waals surface area contributed by atoms with Gasteiger partial charge in [-0.15, -0.1) is 0 Å². The lowest BCUT2D eigenvalue weighted by atomic mass is 9.85. The predicted molar refractivity (Wildman–Crippen MR) is 79.4 cm³/mol. The van der Waals surface area contributed by atoms with Crippen molar-refractivity contribution in [2.45, 2.75) is 5.60 Å². The van der Waals surface area contributed by atoms with Gasteiger partial charge in [-0.1, -0.05) is 42.5 Å². The second kappa shape index (κ2) is 5.35. The lowest BCUT2D eigenvalue weighted by Gasteiger charge is -2.26. The molecule has 3 N–H and O–H groups in total. The molecule has 20 heavy (non-hydrogen) atoms. The van der Waals surface area contributed by atoms with Crippen molar-refractivity contribution in [3.63, 3.8) is 0 Å². The van der Waals surface area contributed by atoms with Crippen molar-refractivity contribution in [3.05, 3.63) is 65.7 Å². The van der Waals surface area contributed by atoms with Gasteiger partial charge in [0.1, 0.15) is 0 Å². The number of hydrogen-bond acceptors (Lipinski definition) is 3. The largest absolute Gasteiger partial charge is 0.378 e. The van der Waals surface area contributed by atoms with E-state index in [1.807, 2.05) is 37.2 Å². The van der Waals surface area contributed by atoms with Gasteiger partial charge in [-0.3, -0.25) is 4.79 Å². The Labute approximate surface area is 118 Å². The van der Waals surface area contributed by atoms with Crippen molar-refractivity contribution in [2.24, 2.45) is 5.73 Å². The maximum Gasteiger partial charge on any atom is 0.258 e. The minimum atomic E-state index is -1.81. The van der Waals surface area contributed by atoms with Gasteiger partial charge >= 0.3 is 0 Å². The van der Waals surface area contributed by atoms with Crippen LogP contribution < -0.4 is 10.6 Å². The van der Waals surface area contributed by atoms with Gasteiger partial charge in [0, 0.05) is 19.8 Å². The molecule has 1 amide bonds. The Morgan fingerprint density at radius 3 is 1.95 bits per heavy atom. The first-order valence-electron chi connectivity index (χ1n) is 6.32. The molecule has 2 aromatic carbocycles. The number of nitrogens with zero attached hydrogens (tertiary/aromatic N) is 1. The summed E-state index contributed by atoms with van der Waals surface area (Å²) in [5.74, 6) is -0.790. The zero-order valence-corrected chi connectivity index (χ0v) is 11.6. The molecule has 4 heteroatoms. The zero-order chi connectivity index (χ0) is 14.8. The van der Waals surface area contributed by atoms with Crippen molar-refractivity contribution < 1.29 is 9.90 Å². The Bertz CT molecular complexity index is 594. The van der Waals surface area contributed by atoms with Gasteiger partial charge in [-0.25, -0.2) is 0 Å². The highest BCUT2D eigenvalue weighted by molar-refractivity contribution is 5.88. The molecule has 0 aromatic heterocycles. The van der Waals surface area contributed by atoms with E-state index in [0.29, 0.717) is 11.1 Å². The Hall–Kier alpha value is -2.33. The van der Waals surface area contributed by atoms with E-state index >= 15 is 0 Å². The highest BCUT2D eigenvalue weighted by atomic mass is 16.3. The van der Waals surface area contributed by atoms with E-state index in [2.05, 4.69) is 0 Å². The van der Waals surface area contributed by atoms with Crippen molar-refractivity contribution in [1.82, 2.24) is 0 Å². The van der Waals surface area contributed by atoms with Crippen LogP contribution in [-0.2, 0) is 10.4 Å². The SMILES string of the molecule is CN(C)c1ccc(C(O)(C(N)=O)c2ccccc2)cc1. The molecule has 104 valence electrons. The molecular formula is C16H18N2O2. The maximum atomic E-state index is 11.8. The van der Waals surface area contributed by atoms with Crippen LogP contribution in [0.15, 0.2) is 54.6 Å². The van der Waals surface area contributed by atoms with E-state index in [1.165, 1.54) is 0 Å². The van der Waals surface area contributed by atoms with Crippen LogP contribution in [0.1, 0.15) is 11.1 Å². The molecule has 1 unspecified atom stereocenters. The third-order valence-electron chi connectivity index (χ3n) is 3.35. The van der Waals surface area contributed by atoms with E-state index in [1.54, 1.807) is 36.4 Å². The van der Waals surface area contributed by atoms with Gasteiger partial charge in [-0.2, -0.15) is 0 Å². The lowest BCUT2D eigenvalue weighted by molar-refractivity contribution is -0.133. The summed E-state index contributed by atoms with van der Waals surface area (Å²) in [4.78, 5) is 13.7. The molecule has 0 fully saturated rings. The summed E-state index contributed by atoms with van der Waals surface area (Å²) >= 11 is 0. The molecule has 0 spiro atoms. The van der Waals surface area contributed by atoms with Crippen LogP contribution in [-0.4, -0.2) is 25.1 Å². The third kappa shape index (κ3) is 2.38. The van der Waals surface area contributed by atoms with Crippen LogP contribution in [0.4, 0.5) is 5.69 Å². The molecule has 2 rings (SSSR count). The topological polar surface area (TPSA) is 66.6 Å². The molecule has 2 aromatic rings. The van der Waals surface area contributed by atoms with Gasteiger partial charge in [-0.05, 0) is 23.3 Å².